The number of carboxylic acid groups (broad SMARTS) is 1. The fourth-order valence-electron chi connectivity index (χ4n) is 2.76. The molecule has 0 aliphatic heterocycles. The average Bonchev–Trinajstić information content (AvgIpc) is 2.40. The summed E-state index contributed by atoms with van der Waals surface area (Å²) >= 11 is 0. The smallest absolute Gasteiger partial charge is 0.306 e. The second-order valence-corrected chi connectivity index (χ2v) is 3.96. The summed E-state index contributed by atoms with van der Waals surface area (Å²) in [5, 5.41) is 8.77. The third-order valence-corrected chi connectivity index (χ3v) is 3.34. The fraction of sp³-hybridized carbons (Fsp3) is 0.889. The molecule has 2 atom stereocenters. The molecule has 2 rings (SSSR count). The summed E-state index contributed by atoms with van der Waals surface area (Å²) in [5.41, 5.74) is 0. The summed E-state index contributed by atoms with van der Waals surface area (Å²) in [7, 11) is 0. The Kier molecular flexibility index (Phi) is 2.99. The Morgan fingerprint density at radius 1 is 1.17 bits per heavy atom. The van der Waals surface area contributed by atoms with Crippen LogP contribution >= 0.6 is 12.4 Å². The Labute approximate surface area is 78.8 Å². The van der Waals surface area contributed by atoms with Crippen molar-refractivity contribution in [3.63, 3.8) is 0 Å². The van der Waals surface area contributed by atoms with Gasteiger partial charge in [-0.05, 0) is 24.7 Å². The molecule has 0 radical (unpaired) electrons. The van der Waals surface area contributed by atoms with Crippen molar-refractivity contribution in [2.45, 2.75) is 32.1 Å². The third-order valence-electron chi connectivity index (χ3n) is 3.34. The predicted molar refractivity (Wildman–Crippen MR) is 48.4 cm³/mol. The Morgan fingerprint density at radius 2 is 1.67 bits per heavy atom. The highest BCUT2D eigenvalue weighted by Gasteiger charge is 2.39. The Morgan fingerprint density at radius 3 is 2.08 bits per heavy atom. The summed E-state index contributed by atoms with van der Waals surface area (Å²) in [6, 6.07) is 0. The second kappa shape index (κ2) is 3.65. The largest absolute Gasteiger partial charge is 0.481 e. The van der Waals surface area contributed by atoms with E-state index in [9.17, 15) is 4.79 Å². The standard InChI is InChI=1S/C9H14O2.ClH/c10-9(11)8-4-6-2-1-3-7(6)5-8;/h6-8H,1-5H2,(H,10,11);1H. The van der Waals surface area contributed by atoms with Gasteiger partial charge in [-0.1, -0.05) is 19.3 Å². The third kappa shape index (κ3) is 1.58. The molecule has 0 saturated heterocycles. The van der Waals surface area contributed by atoms with E-state index in [-0.39, 0.29) is 18.3 Å². The minimum atomic E-state index is -0.570. The molecule has 2 fully saturated rings. The number of hydrogen-bond donors (Lipinski definition) is 1. The van der Waals surface area contributed by atoms with Crippen LogP contribution in [0.1, 0.15) is 32.1 Å². The lowest BCUT2D eigenvalue weighted by Crippen LogP contribution is -2.09. The van der Waals surface area contributed by atoms with Crippen molar-refractivity contribution >= 4 is 18.4 Å². The van der Waals surface area contributed by atoms with E-state index in [1.807, 2.05) is 0 Å². The van der Waals surface area contributed by atoms with E-state index in [0.717, 1.165) is 24.7 Å². The zero-order valence-electron chi connectivity index (χ0n) is 7.03. The molecule has 0 aromatic rings. The maximum Gasteiger partial charge on any atom is 0.306 e. The monoisotopic (exact) mass is 190 g/mol. The Bertz CT molecular complexity index is 169. The first-order valence-electron chi connectivity index (χ1n) is 4.50. The molecule has 2 aliphatic carbocycles. The molecule has 0 heterocycles. The number of carbonyl (C=O) groups is 1. The molecule has 0 bridgehead atoms. The number of aliphatic carboxylic acids is 1. The summed E-state index contributed by atoms with van der Waals surface area (Å²) in [4.78, 5) is 10.6. The number of fused-ring (bicyclic) bond motifs is 1. The van der Waals surface area contributed by atoms with Crippen LogP contribution in [-0.2, 0) is 4.79 Å². The van der Waals surface area contributed by atoms with Crippen LogP contribution in [0.4, 0.5) is 0 Å². The van der Waals surface area contributed by atoms with Crippen molar-refractivity contribution in [2.75, 3.05) is 0 Å². The SMILES string of the molecule is Cl.O=C(O)C1CC2CCCC2C1. The first kappa shape index (κ1) is 9.85. The van der Waals surface area contributed by atoms with Gasteiger partial charge in [0.05, 0.1) is 5.92 Å². The average molecular weight is 191 g/mol. The van der Waals surface area contributed by atoms with Gasteiger partial charge in [0.15, 0.2) is 0 Å². The number of carboxylic acids is 1. The van der Waals surface area contributed by atoms with Crippen LogP contribution in [0.2, 0.25) is 0 Å². The minimum Gasteiger partial charge on any atom is -0.481 e. The van der Waals surface area contributed by atoms with Crippen molar-refractivity contribution in [1.82, 2.24) is 0 Å². The van der Waals surface area contributed by atoms with Crippen LogP contribution in [0.5, 0.6) is 0 Å². The highest BCUT2D eigenvalue weighted by molar-refractivity contribution is 5.85. The summed E-state index contributed by atoms with van der Waals surface area (Å²) in [6.45, 7) is 0. The van der Waals surface area contributed by atoms with E-state index in [4.69, 9.17) is 5.11 Å². The molecule has 2 nitrogen and oxygen atoms in total. The first-order valence-corrected chi connectivity index (χ1v) is 4.50. The van der Waals surface area contributed by atoms with Crippen molar-refractivity contribution in [2.24, 2.45) is 17.8 Å². The molecule has 2 saturated carbocycles. The van der Waals surface area contributed by atoms with E-state index < -0.39 is 5.97 Å². The van der Waals surface area contributed by atoms with Crippen LogP contribution in [0.3, 0.4) is 0 Å². The van der Waals surface area contributed by atoms with Crippen LogP contribution in [0.25, 0.3) is 0 Å². The van der Waals surface area contributed by atoms with Gasteiger partial charge in [0.1, 0.15) is 0 Å². The van der Waals surface area contributed by atoms with E-state index >= 15 is 0 Å². The maximum atomic E-state index is 10.6. The minimum absolute atomic E-state index is 0. The maximum absolute atomic E-state index is 10.6. The first-order chi connectivity index (χ1) is 5.27. The van der Waals surface area contributed by atoms with E-state index in [2.05, 4.69) is 0 Å². The normalized spacial score (nSPS) is 38.8. The molecule has 2 aliphatic rings. The molecule has 0 aromatic heterocycles. The quantitative estimate of drug-likeness (QED) is 0.689. The van der Waals surface area contributed by atoms with Gasteiger partial charge in [-0.2, -0.15) is 0 Å². The summed E-state index contributed by atoms with van der Waals surface area (Å²) in [5.74, 6) is 0.942. The van der Waals surface area contributed by atoms with Gasteiger partial charge in [0.2, 0.25) is 0 Å². The zero-order valence-corrected chi connectivity index (χ0v) is 7.85. The molecule has 12 heavy (non-hydrogen) atoms. The van der Waals surface area contributed by atoms with Gasteiger partial charge in [-0.3, -0.25) is 4.79 Å². The molecule has 2 unspecified atom stereocenters. The Balaban J connectivity index is 0.000000720. The van der Waals surface area contributed by atoms with Gasteiger partial charge in [0.25, 0.3) is 0 Å². The lowest BCUT2D eigenvalue weighted by molar-refractivity contribution is -0.141. The molecule has 0 amide bonds. The van der Waals surface area contributed by atoms with E-state index in [1.165, 1.54) is 19.3 Å². The van der Waals surface area contributed by atoms with Crippen molar-refractivity contribution in [3.8, 4) is 0 Å². The van der Waals surface area contributed by atoms with Gasteiger partial charge >= 0.3 is 5.97 Å². The molecular formula is C9H15ClO2. The highest BCUT2D eigenvalue weighted by atomic mass is 35.5. The molecule has 1 N–H and O–H groups in total. The number of rotatable bonds is 1. The second-order valence-electron chi connectivity index (χ2n) is 3.96. The van der Waals surface area contributed by atoms with Crippen molar-refractivity contribution in [1.29, 1.82) is 0 Å². The van der Waals surface area contributed by atoms with Crippen LogP contribution in [0, 0.1) is 17.8 Å². The van der Waals surface area contributed by atoms with Crippen LogP contribution in [0.15, 0.2) is 0 Å². The number of hydrogen-bond acceptors (Lipinski definition) is 1. The highest BCUT2D eigenvalue weighted by Crippen LogP contribution is 2.46. The lowest BCUT2D eigenvalue weighted by atomic mass is 10.0. The predicted octanol–water partition coefficient (Wildman–Crippen LogP) is 2.32. The zero-order chi connectivity index (χ0) is 7.84. The summed E-state index contributed by atoms with van der Waals surface area (Å²) < 4.78 is 0. The van der Waals surface area contributed by atoms with Crippen molar-refractivity contribution in [3.05, 3.63) is 0 Å². The van der Waals surface area contributed by atoms with Gasteiger partial charge in [0, 0.05) is 0 Å². The fourth-order valence-corrected chi connectivity index (χ4v) is 2.76. The van der Waals surface area contributed by atoms with E-state index in [0.29, 0.717) is 0 Å². The molecule has 3 heteroatoms. The Hall–Kier alpha value is -0.240. The molecule has 0 spiro atoms. The summed E-state index contributed by atoms with van der Waals surface area (Å²) in [6.07, 6.45) is 5.82. The van der Waals surface area contributed by atoms with Gasteiger partial charge < -0.3 is 5.11 Å². The molecule has 0 aromatic carbocycles. The molecule has 70 valence electrons. The van der Waals surface area contributed by atoms with Gasteiger partial charge in [-0.25, -0.2) is 0 Å². The van der Waals surface area contributed by atoms with Crippen LogP contribution in [-0.4, -0.2) is 11.1 Å². The van der Waals surface area contributed by atoms with Crippen molar-refractivity contribution < 1.29 is 9.90 Å². The van der Waals surface area contributed by atoms with Gasteiger partial charge in [-0.15, -0.1) is 12.4 Å². The van der Waals surface area contributed by atoms with Crippen LogP contribution < -0.4 is 0 Å². The molecular weight excluding hydrogens is 176 g/mol. The van der Waals surface area contributed by atoms with E-state index in [1.54, 1.807) is 0 Å². The number of halogens is 1. The lowest BCUT2D eigenvalue weighted by Gasteiger charge is -2.04. The topological polar surface area (TPSA) is 37.3 Å².